The van der Waals surface area contributed by atoms with Crippen LogP contribution in [0, 0.1) is 0 Å². The fourth-order valence-corrected chi connectivity index (χ4v) is 2.60. The van der Waals surface area contributed by atoms with Crippen molar-refractivity contribution in [3.63, 3.8) is 0 Å². The Balaban J connectivity index is 1.68. The largest absolute Gasteiger partial charge is 0.494 e. The lowest BCUT2D eigenvalue weighted by Gasteiger charge is -2.09. The second-order valence-electron chi connectivity index (χ2n) is 5.58. The maximum Gasteiger partial charge on any atom is 0.124 e. The zero-order valence-electron chi connectivity index (χ0n) is 13.7. The molecule has 0 spiro atoms. The van der Waals surface area contributed by atoms with Crippen molar-refractivity contribution >= 4 is 17.1 Å². The molecule has 0 aliphatic carbocycles. The van der Waals surface area contributed by atoms with Gasteiger partial charge < -0.3 is 14.3 Å². The van der Waals surface area contributed by atoms with Crippen LogP contribution in [0.2, 0.25) is 0 Å². The number of aldehydes is 1. The van der Waals surface area contributed by atoms with Gasteiger partial charge in [0.25, 0.3) is 0 Å². The Bertz CT molecular complexity index is 822. The topological polar surface area (TPSA) is 35.5 Å². The molecule has 0 bridgehead atoms. The van der Waals surface area contributed by atoms with Gasteiger partial charge in [0.05, 0.1) is 6.61 Å². The predicted octanol–water partition coefficient (Wildman–Crippen LogP) is 4.56. The van der Waals surface area contributed by atoms with Crippen LogP contribution in [0.15, 0.2) is 60.7 Å². The number of hydrogen-bond donors (Lipinski definition) is 0. The van der Waals surface area contributed by atoms with Gasteiger partial charge in [-0.05, 0) is 53.1 Å². The van der Waals surface area contributed by atoms with Crippen molar-refractivity contribution < 1.29 is 14.3 Å². The molecule has 0 heterocycles. The standard InChI is InChI=1S/C21H20O3/c1-2-23-20-8-4-17(5-9-20)15-24-21-10-7-18-13-16(11-12-22)3-6-19(18)14-21/h3-10,12-14H,2,11,15H2,1H3. The Labute approximate surface area is 141 Å². The molecule has 24 heavy (non-hydrogen) atoms. The number of fused-ring (bicyclic) bond motifs is 1. The summed E-state index contributed by atoms with van der Waals surface area (Å²) in [4.78, 5) is 10.6. The molecule has 0 amide bonds. The SMILES string of the molecule is CCOc1ccc(COc2ccc3cc(CC=O)ccc3c2)cc1. The van der Waals surface area contributed by atoms with Crippen LogP contribution in [0.5, 0.6) is 11.5 Å². The number of benzene rings is 3. The van der Waals surface area contributed by atoms with Crippen molar-refractivity contribution in [2.75, 3.05) is 6.61 Å². The van der Waals surface area contributed by atoms with Gasteiger partial charge in [0.1, 0.15) is 24.4 Å². The maximum absolute atomic E-state index is 10.6. The normalized spacial score (nSPS) is 10.5. The second kappa shape index (κ2) is 7.64. The third kappa shape index (κ3) is 3.93. The van der Waals surface area contributed by atoms with Crippen LogP contribution in [-0.2, 0) is 17.8 Å². The summed E-state index contributed by atoms with van der Waals surface area (Å²) in [5.74, 6) is 1.71. The Kier molecular flexibility index (Phi) is 5.12. The highest BCUT2D eigenvalue weighted by Gasteiger charge is 2.01. The number of rotatable bonds is 7. The minimum atomic E-state index is 0.450. The predicted molar refractivity (Wildman–Crippen MR) is 95.7 cm³/mol. The average molecular weight is 320 g/mol. The number of carbonyl (C=O) groups is 1. The molecule has 0 saturated carbocycles. The molecule has 3 rings (SSSR count). The molecule has 0 N–H and O–H groups in total. The summed E-state index contributed by atoms with van der Waals surface area (Å²) in [6, 6.07) is 20.0. The number of carbonyl (C=O) groups excluding carboxylic acids is 1. The van der Waals surface area contributed by atoms with Crippen LogP contribution in [0.1, 0.15) is 18.1 Å². The van der Waals surface area contributed by atoms with Crippen LogP contribution in [-0.4, -0.2) is 12.9 Å². The highest BCUT2D eigenvalue weighted by Crippen LogP contribution is 2.23. The fourth-order valence-electron chi connectivity index (χ4n) is 2.60. The zero-order valence-corrected chi connectivity index (χ0v) is 13.7. The molecule has 3 aromatic rings. The first kappa shape index (κ1) is 16.1. The van der Waals surface area contributed by atoms with Gasteiger partial charge in [-0.15, -0.1) is 0 Å². The molecule has 3 nitrogen and oxygen atoms in total. The van der Waals surface area contributed by atoms with Crippen LogP contribution < -0.4 is 9.47 Å². The molecule has 0 radical (unpaired) electrons. The molecule has 0 aliphatic rings. The Morgan fingerprint density at radius 2 is 1.46 bits per heavy atom. The van der Waals surface area contributed by atoms with Gasteiger partial charge in [-0.25, -0.2) is 0 Å². The molecular formula is C21H20O3. The highest BCUT2D eigenvalue weighted by molar-refractivity contribution is 5.85. The molecule has 0 aromatic heterocycles. The van der Waals surface area contributed by atoms with E-state index in [0.29, 0.717) is 19.6 Å². The lowest BCUT2D eigenvalue weighted by molar-refractivity contribution is -0.107. The van der Waals surface area contributed by atoms with Gasteiger partial charge in [0.2, 0.25) is 0 Å². The van der Waals surface area contributed by atoms with E-state index in [1.165, 1.54) is 0 Å². The van der Waals surface area contributed by atoms with E-state index in [1.807, 2.05) is 67.6 Å². The summed E-state index contributed by atoms with van der Waals surface area (Å²) in [6.45, 7) is 3.15. The number of hydrogen-bond acceptors (Lipinski definition) is 3. The minimum Gasteiger partial charge on any atom is -0.494 e. The lowest BCUT2D eigenvalue weighted by Crippen LogP contribution is -1.96. The van der Waals surface area contributed by atoms with E-state index >= 15 is 0 Å². The molecule has 0 unspecified atom stereocenters. The van der Waals surface area contributed by atoms with Crippen LogP contribution in [0.4, 0.5) is 0 Å². The van der Waals surface area contributed by atoms with Crippen molar-refractivity contribution in [1.29, 1.82) is 0 Å². The Hall–Kier alpha value is -2.81. The monoisotopic (exact) mass is 320 g/mol. The van der Waals surface area contributed by atoms with Crippen molar-refractivity contribution in [3.05, 3.63) is 71.8 Å². The summed E-state index contributed by atoms with van der Waals surface area (Å²) < 4.78 is 11.3. The molecule has 3 heteroatoms. The lowest BCUT2D eigenvalue weighted by atomic mass is 10.1. The van der Waals surface area contributed by atoms with Crippen molar-refractivity contribution in [2.45, 2.75) is 20.0 Å². The summed E-state index contributed by atoms with van der Waals surface area (Å²) in [5.41, 5.74) is 2.13. The first-order chi connectivity index (χ1) is 11.8. The molecule has 0 saturated heterocycles. The quantitative estimate of drug-likeness (QED) is 0.599. The number of ether oxygens (including phenoxy) is 2. The maximum atomic E-state index is 10.6. The van der Waals surface area contributed by atoms with E-state index in [9.17, 15) is 4.79 Å². The third-order valence-electron chi connectivity index (χ3n) is 3.84. The van der Waals surface area contributed by atoms with E-state index in [-0.39, 0.29) is 0 Å². The highest BCUT2D eigenvalue weighted by atomic mass is 16.5. The average Bonchev–Trinajstić information content (AvgIpc) is 2.61. The molecule has 0 aliphatic heterocycles. The van der Waals surface area contributed by atoms with E-state index < -0.39 is 0 Å². The molecule has 122 valence electrons. The second-order valence-corrected chi connectivity index (χ2v) is 5.58. The van der Waals surface area contributed by atoms with Gasteiger partial charge in [-0.3, -0.25) is 0 Å². The third-order valence-corrected chi connectivity index (χ3v) is 3.84. The zero-order chi connectivity index (χ0) is 16.8. The van der Waals surface area contributed by atoms with Gasteiger partial charge in [0.15, 0.2) is 0 Å². The van der Waals surface area contributed by atoms with Crippen molar-refractivity contribution in [1.82, 2.24) is 0 Å². The summed E-state index contributed by atoms with van der Waals surface area (Å²) in [7, 11) is 0. The van der Waals surface area contributed by atoms with Crippen molar-refractivity contribution in [2.24, 2.45) is 0 Å². The van der Waals surface area contributed by atoms with Crippen LogP contribution in [0.3, 0.4) is 0 Å². The summed E-state index contributed by atoms with van der Waals surface area (Å²) >= 11 is 0. The fraction of sp³-hybridized carbons (Fsp3) is 0.190. The van der Waals surface area contributed by atoms with E-state index in [4.69, 9.17) is 9.47 Å². The van der Waals surface area contributed by atoms with E-state index in [2.05, 4.69) is 0 Å². The molecule has 0 fully saturated rings. The summed E-state index contributed by atoms with van der Waals surface area (Å²) in [5, 5.41) is 2.22. The van der Waals surface area contributed by atoms with Gasteiger partial charge in [-0.1, -0.05) is 36.4 Å². The van der Waals surface area contributed by atoms with Gasteiger partial charge in [0, 0.05) is 6.42 Å². The van der Waals surface area contributed by atoms with Gasteiger partial charge >= 0.3 is 0 Å². The van der Waals surface area contributed by atoms with Crippen LogP contribution >= 0.6 is 0 Å². The molecular weight excluding hydrogens is 300 g/mol. The Morgan fingerprint density at radius 3 is 2.21 bits per heavy atom. The molecule has 3 aromatic carbocycles. The van der Waals surface area contributed by atoms with Crippen molar-refractivity contribution in [3.8, 4) is 11.5 Å². The minimum absolute atomic E-state index is 0.450. The van der Waals surface area contributed by atoms with Gasteiger partial charge in [-0.2, -0.15) is 0 Å². The summed E-state index contributed by atoms with van der Waals surface area (Å²) in [6.07, 6.45) is 1.38. The smallest absolute Gasteiger partial charge is 0.124 e. The Morgan fingerprint density at radius 1 is 0.792 bits per heavy atom. The van der Waals surface area contributed by atoms with Crippen LogP contribution in [0.25, 0.3) is 10.8 Å². The van der Waals surface area contributed by atoms with E-state index in [1.54, 1.807) is 0 Å². The molecule has 0 atom stereocenters. The first-order valence-corrected chi connectivity index (χ1v) is 8.09. The first-order valence-electron chi connectivity index (χ1n) is 8.09. The van der Waals surface area contributed by atoms with E-state index in [0.717, 1.165) is 39.7 Å².